The van der Waals surface area contributed by atoms with Gasteiger partial charge in [0.1, 0.15) is 5.01 Å². The number of halogens is 1. The van der Waals surface area contributed by atoms with Crippen molar-refractivity contribution < 1.29 is 0 Å². The number of fused-ring (bicyclic) bond motifs is 1. The summed E-state index contributed by atoms with van der Waals surface area (Å²) in [5, 5.41) is 2.27. The van der Waals surface area contributed by atoms with E-state index >= 15 is 0 Å². The molecule has 0 aliphatic carbocycles. The molecule has 19 heavy (non-hydrogen) atoms. The highest BCUT2D eigenvalue weighted by Crippen LogP contribution is 2.37. The molecule has 0 unspecified atom stereocenters. The van der Waals surface area contributed by atoms with Gasteiger partial charge in [-0.3, -0.25) is 0 Å². The molecule has 0 aliphatic heterocycles. The van der Waals surface area contributed by atoms with E-state index in [1.54, 1.807) is 11.3 Å². The van der Waals surface area contributed by atoms with Gasteiger partial charge in [-0.2, -0.15) is 0 Å². The molecule has 3 rings (SSSR count). The highest BCUT2D eigenvalue weighted by Gasteiger charge is 2.16. The maximum atomic E-state index is 5.62. The van der Waals surface area contributed by atoms with Gasteiger partial charge >= 0.3 is 0 Å². The number of nitrogens with two attached hydrogens (primary N) is 1. The number of thiazole rings is 1. The van der Waals surface area contributed by atoms with Crippen LogP contribution in [0.1, 0.15) is 11.4 Å². The zero-order valence-electron chi connectivity index (χ0n) is 10.5. The summed E-state index contributed by atoms with van der Waals surface area (Å²) in [7, 11) is 0. The molecule has 0 fully saturated rings. The van der Waals surface area contributed by atoms with Crippen LogP contribution in [0.2, 0.25) is 0 Å². The molecule has 3 N–H and O–H groups in total. The monoisotopic (exact) mass is 335 g/mol. The number of para-hydroxylation sites is 1. The molecule has 2 heterocycles. The second-order valence-electron chi connectivity index (χ2n) is 4.45. The third kappa shape index (κ3) is 2.22. The SMILES string of the molecule is Cc1[nH]c2ccccc2c1-c1nc(CCN)c(Br)s1. The molecule has 3 nitrogen and oxygen atoms in total. The molecule has 0 spiro atoms. The van der Waals surface area contributed by atoms with Crippen LogP contribution in [0.15, 0.2) is 28.1 Å². The van der Waals surface area contributed by atoms with Gasteiger partial charge in [0, 0.05) is 28.6 Å². The molecular weight excluding hydrogens is 322 g/mol. The number of aryl methyl sites for hydroxylation is 1. The summed E-state index contributed by atoms with van der Waals surface area (Å²) in [6.45, 7) is 2.71. The normalized spacial score (nSPS) is 11.3. The summed E-state index contributed by atoms with van der Waals surface area (Å²) in [6, 6.07) is 8.32. The van der Waals surface area contributed by atoms with Crippen molar-refractivity contribution >= 4 is 38.2 Å². The first-order valence-electron chi connectivity index (χ1n) is 6.13. The third-order valence-corrected chi connectivity index (χ3v) is 4.99. The summed E-state index contributed by atoms with van der Waals surface area (Å²) in [6.07, 6.45) is 0.804. The Bertz CT molecular complexity index is 729. The van der Waals surface area contributed by atoms with Crippen LogP contribution in [0, 0.1) is 6.92 Å². The molecule has 1 aromatic carbocycles. The van der Waals surface area contributed by atoms with Crippen LogP contribution >= 0.6 is 27.3 Å². The number of aromatic nitrogens is 2. The van der Waals surface area contributed by atoms with Crippen molar-refractivity contribution in [2.75, 3.05) is 6.54 Å². The minimum Gasteiger partial charge on any atom is -0.358 e. The fraction of sp³-hybridized carbons (Fsp3) is 0.214. The number of benzene rings is 1. The van der Waals surface area contributed by atoms with Crippen LogP contribution in [0.3, 0.4) is 0 Å². The number of hydrogen-bond donors (Lipinski definition) is 2. The first-order valence-corrected chi connectivity index (χ1v) is 7.74. The summed E-state index contributed by atoms with van der Waals surface area (Å²) in [4.78, 5) is 8.14. The zero-order valence-corrected chi connectivity index (χ0v) is 12.9. The van der Waals surface area contributed by atoms with Crippen molar-refractivity contribution in [1.82, 2.24) is 9.97 Å². The molecule has 2 aromatic heterocycles. The first-order chi connectivity index (χ1) is 9.20. The average Bonchev–Trinajstić information content (AvgIpc) is 2.90. The van der Waals surface area contributed by atoms with Gasteiger partial charge in [-0.1, -0.05) is 18.2 Å². The van der Waals surface area contributed by atoms with E-state index in [9.17, 15) is 0 Å². The maximum absolute atomic E-state index is 5.62. The lowest BCUT2D eigenvalue weighted by Crippen LogP contribution is -2.03. The molecule has 5 heteroatoms. The highest BCUT2D eigenvalue weighted by atomic mass is 79.9. The lowest BCUT2D eigenvalue weighted by Gasteiger charge is -1.96. The number of nitrogens with one attached hydrogen (secondary N) is 1. The molecular formula is C14H14BrN3S. The molecule has 0 atom stereocenters. The quantitative estimate of drug-likeness (QED) is 0.763. The molecule has 3 aromatic rings. The lowest BCUT2D eigenvalue weighted by molar-refractivity contribution is 0.931. The van der Waals surface area contributed by atoms with Gasteiger partial charge in [-0.15, -0.1) is 11.3 Å². The first kappa shape index (κ1) is 12.8. The predicted octanol–water partition coefficient (Wildman–Crippen LogP) is 3.86. The second kappa shape index (κ2) is 5.07. The number of hydrogen-bond acceptors (Lipinski definition) is 3. The second-order valence-corrected chi connectivity index (χ2v) is 6.77. The topological polar surface area (TPSA) is 54.7 Å². The Morgan fingerprint density at radius 3 is 2.95 bits per heavy atom. The van der Waals surface area contributed by atoms with E-state index in [1.165, 1.54) is 10.9 Å². The Labute approximate surface area is 124 Å². The summed E-state index contributed by atoms with van der Waals surface area (Å²) in [5.41, 5.74) is 10.2. The van der Waals surface area contributed by atoms with Crippen LogP contribution < -0.4 is 5.73 Å². The molecule has 0 aliphatic rings. The third-order valence-electron chi connectivity index (χ3n) is 3.14. The van der Waals surface area contributed by atoms with Gasteiger partial charge in [0.25, 0.3) is 0 Å². The van der Waals surface area contributed by atoms with Gasteiger partial charge < -0.3 is 10.7 Å². The van der Waals surface area contributed by atoms with Gasteiger partial charge in [-0.25, -0.2) is 4.98 Å². The molecule has 0 bridgehead atoms. The van der Waals surface area contributed by atoms with Crippen LogP contribution in [-0.2, 0) is 6.42 Å². The van der Waals surface area contributed by atoms with Gasteiger partial charge in [-0.05, 0) is 35.5 Å². The zero-order chi connectivity index (χ0) is 13.4. The molecule has 0 saturated heterocycles. The van der Waals surface area contributed by atoms with E-state index in [0.717, 1.165) is 32.1 Å². The minimum atomic E-state index is 0.620. The van der Waals surface area contributed by atoms with Gasteiger partial charge in [0.2, 0.25) is 0 Å². The van der Waals surface area contributed by atoms with Gasteiger partial charge in [0.15, 0.2) is 0 Å². The summed E-state index contributed by atoms with van der Waals surface area (Å²) in [5.74, 6) is 0. The summed E-state index contributed by atoms with van der Waals surface area (Å²) < 4.78 is 1.08. The van der Waals surface area contributed by atoms with Crippen molar-refractivity contribution in [2.45, 2.75) is 13.3 Å². The van der Waals surface area contributed by atoms with E-state index in [1.807, 2.05) is 6.07 Å². The van der Waals surface area contributed by atoms with E-state index in [2.05, 4.69) is 46.0 Å². The van der Waals surface area contributed by atoms with E-state index < -0.39 is 0 Å². The Morgan fingerprint density at radius 1 is 1.37 bits per heavy atom. The minimum absolute atomic E-state index is 0.620. The number of aromatic amines is 1. The van der Waals surface area contributed by atoms with Crippen LogP contribution in [-0.4, -0.2) is 16.5 Å². The molecule has 98 valence electrons. The highest BCUT2D eigenvalue weighted by molar-refractivity contribution is 9.11. The summed E-state index contributed by atoms with van der Waals surface area (Å²) >= 11 is 5.25. The predicted molar refractivity (Wildman–Crippen MR) is 84.6 cm³/mol. The standard InChI is InChI=1S/C14H14BrN3S/c1-8-12(9-4-2-3-5-10(9)17-8)14-18-11(6-7-16)13(15)19-14/h2-5,17H,6-7,16H2,1H3. The van der Waals surface area contributed by atoms with E-state index in [0.29, 0.717) is 6.54 Å². The van der Waals surface area contributed by atoms with Crippen LogP contribution in [0.4, 0.5) is 0 Å². The fourth-order valence-corrected chi connectivity index (χ4v) is 3.99. The van der Waals surface area contributed by atoms with E-state index in [4.69, 9.17) is 10.7 Å². The Hall–Kier alpha value is -1.17. The lowest BCUT2D eigenvalue weighted by atomic mass is 10.1. The van der Waals surface area contributed by atoms with Crippen molar-refractivity contribution in [3.05, 3.63) is 39.4 Å². The van der Waals surface area contributed by atoms with Crippen molar-refractivity contribution in [1.29, 1.82) is 0 Å². The number of rotatable bonds is 3. The van der Waals surface area contributed by atoms with Crippen molar-refractivity contribution in [2.24, 2.45) is 5.73 Å². The van der Waals surface area contributed by atoms with E-state index in [-0.39, 0.29) is 0 Å². The average molecular weight is 336 g/mol. The van der Waals surface area contributed by atoms with Gasteiger partial charge in [0.05, 0.1) is 9.48 Å². The van der Waals surface area contributed by atoms with Crippen molar-refractivity contribution in [3.63, 3.8) is 0 Å². The Balaban J connectivity index is 2.18. The molecule has 0 saturated carbocycles. The molecule has 0 radical (unpaired) electrons. The largest absolute Gasteiger partial charge is 0.358 e. The molecule has 0 amide bonds. The number of nitrogens with zero attached hydrogens (tertiary/aromatic N) is 1. The smallest absolute Gasteiger partial charge is 0.127 e. The van der Waals surface area contributed by atoms with Crippen LogP contribution in [0.5, 0.6) is 0 Å². The maximum Gasteiger partial charge on any atom is 0.127 e. The van der Waals surface area contributed by atoms with Crippen LogP contribution in [0.25, 0.3) is 21.5 Å². The Kier molecular flexibility index (Phi) is 3.43. The number of H-pyrrole nitrogens is 1. The Morgan fingerprint density at radius 2 is 2.16 bits per heavy atom. The fourth-order valence-electron chi connectivity index (χ4n) is 2.28. The van der Waals surface area contributed by atoms with Crippen molar-refractivity contribution in [3.8, 4) is 10.6 Å².